The number of urea groups is 1. The van der Waals surface area contributed by atoms with E-state index in [0.717, 1.165) is 0 Å². The van der Waals surface area contributed by atoms with E-state index in [0.29, 0.717) is 28.7 Å². The predicted octanol–water partition coefficient (Wildman–Crippen LogP) is 2.41. The fourth-order valence-electron chi connectivity index (χ4n) is 5.75. The Labute approximate surface area is 287 Å². The molecule has 21 heteroatoms. The molecule has 5 N–H and O–H groups in total. The van der Waals surface area contributed by atoms with Gasteiger partial charge < -0.3 is 35.3 Å². The fraction of sp³-hybridized carbons (Fsp3) is 0.621. The van der Waals surface area contributed by atoms with E-state index in [1.165, 1.54) is 31.6 Å². The number of hydrogen-bond donors (Lipinski definition) is 3. The van der Waals surface area contributed by atoms with Crippen molar-refractivity contribution >= 4 is 47.7 Å². The van der Waals surface area contributed by atoms with Crippen molar-refractivity contribution in [3.05, 3.63) is 25.3 Å². The van der Waals surface area contributed by atoms with Gasteiger partial charge in [-0.25, -0.2) is 44.4 Å². The van der Waals surface area contributed by atoms with Crippen LogP contribution in [-0.4, -0.2) is 114 Å². The summed E-state index contributed by atoms with van der Waals surface area (Å²) in [5, 5.41) is 2.44. The number of aromatic nitrogens is 8. The third kappa shape index (κ3) is 7.65. The van der Waals surface area contributed by atoms with E-state index in [1.54, 1.807) is 21.8 Å². The zero-order valence-electron chi connectivity index (χ0n) is 28.6. The molecule has 0 bridgehead atoms. The smallest absolute Gasteiger partial charge is 0.382 e. The number of carbonyl (C=O) groups excluding carboxylic acids is 1. The largest absolute Gasteiger partial charge is 0.436 e. The van der Waals surface area contributed by atoms with Crippen LogP contribution in [0.25, 0.3) is 22.3 Å². The first-order valence-electron chi connectivity index (χ1n) is 16.2. The number of hydrogen-bond acceptors (Lipinski definition) is 16. The van der Waals surface area contributed by atoms with Gasteiger partial charge in [0.1, 0.15) is 54.5 Å². The number of anilines is 2. The van der Waals surface area contributed by atoms with Crippen LogP contribution in [0.1, 0.15) is 53.0 Å². The van der Waals surface area contributed by atoms with Crippen molar-refractivity contribution in [1.82, 2.24) is 49.0 Å². The van der Waals surface area contributed by atoms with Gasteiger partial charge in [-0.05, 0) is 27.7 Å². The monoisotopic (exact) mass is 718 g/mol. The molecule has 0 aromatic carbocycles. The average Bonchev–Trinajstić information content (AvgIpc) is 3.84. The highest BCUT2D eigenvalue weighted by Crippen LogP contribution is 2.50. The first-order chi connectivity index (χ1) is 23.8. The van der Waals surface area contributed by atoms with E-state index in [9.17, 15) is 9.36 Å². The molecule has 20 nitrogen and oxygen atoms in total. The zero-order valence-corrected chi connectivity index (χ0v) is 29.5. The molecule has 2 saturated heterocycles. The minimum atomic E-state index is -4.40. The third-order valence-electron chi connectivity index (χ3n) is 8.12. The lowest BCUT2D eigenvalue weighted by Crippen LogP contribution is -2.38. The quantitative estimate of drug-likeness (QED) is 0.168. The summed E-state index contributed by atoms with van der Waals surface area (Å²) in [6.07, 6.45) is 2.12. The first kappa shape index (κ1) is 35.8. The molecule has 4 aromatic heterocycles. The molecule has 7 atom stereocenters. The minimum Gasteiger partial charge on any atom is -0.382 e. The van der Waals surface area contributed by atoms with Gasteiger partial charge in [0.25, 0.3) is 0 Å². The maximum atomic E-state index is 14.5. The maximum Gasteiger partial charge on any atom is 0.436 e. The predicted molar refractivity (Wildman–Crippen MR) is 178 cm³/mol. The van der Waals surface area contributed by atoms with E-state index < -0.39 is 50.6 Å². The summed E-state index contributed by atoms with van der Waals surface area (Å²) in [7, 11) is -1.38. The zero-order chi connectivity index (χ0) is 35.7. The van der Waals surface area contributed by atoms with Crippen LogP contribution in [0.2, 0.25) is 0 Å². The van der Waals surface area contributed by atoms with Crippen LogP contribution >= 0.6 is 7.75 Å². The number of nitrogens with two attached hydrogens (primary N) is 2. The van der Waals surface area contributed by atoms with Crippen molar-refractivity contribution in [3.63, 3.8) is 0 Å². The molecular formula is C29H43N12O8P. The number of imidazole rings is 2. The van der Waals surface area contributed by atoms with Crippen molar-refractivity contribution in [2.24, 2.45) is 0 Å². The van der Waals surface area contributed by atoms with Gasteiger partial charge in [-0.2, -0.15) is 0 Å². The Hall–Kier alpha value is -4.04. The average molecular weight is 719 g/mol. The van der Waals surface area contributed by atoms with Crippen molar-refractivity contribution in [2.75, 3.05) is 38.8 Å². The molecule has 2 amide bonds. The lowest BCUT2D eigenvalue weighted by atomic mass is 10.2. The van der Waals surface area contributed by atoms with Gasteiger partial charge in [-0.3, -0.25) is 18.2 Å². The number of nitrogen functional groups attached to an aromatic ring is 2. The molecule has 2 aliphatic rings. The SMILES string of the molecule is CC(C)OCC1OC(n2cnc3c(N)ncnc32)C[C@H]1OP(=O)(NC(=O)N(C)C)OCC1OC(n2cnc3c(N)ncnc32)C[C@H]1OC(C)C. The van der Waals surface area contributed by atoms with E-state index in [1.807, 2.05) is 27.7 Å². The van der Waals surface area contributed by atoms with Gasteiger partial charge in [0, 0.05) is 26.9 Å². The molecule has 0 spiro atoms. The number of rotatable bonds is 13. The van der Waals surface area contributed by atoms with E-state index in [2.05, 4.69) is 35.0 Å². The topological polar surface area (TPSA) is 244 Å². The fourth-order valence-corrected chi connectivity index (χ4v) is 7.28. The second-order valence-electron chi connectivity index (χ2n) is 12.7. The molecule has 4 aromatic rings. The number of nitrogens with one attached hydrogen (secondary N) is 1. The highest BCUT2D eigenvalue weighted by Gasteiger charge is 2.46. The van der Waals surface area contributed by atoms with Gasteiger partial charge in [-0.15, -0.1) is 0 Å². The van der Waals surface area contributed by atoms with Gasteiger partial charge >= 0.3 is 13.8 Å². The molecule has 6 rings (SSSR count). The Morgan fingerprint density at radius 1 is 0.880 bits per heavy atom. The van der Waals surface area contributed by atoms with Crippen LogP contribution in [0.3, 0.4) is 0 Å². The van der Waals surface area contributed by atoms with Crippen LogP contribution in [-0.2, 0) is 32.6 Å². The number of amides is 2. The minimum absolute atomic E-state index is 0.106. The Kier molecular flexibility index (Phi) is 10.5. The van der Waals surface area contributed by atoms with Gasteiger partial charge in [0.15, 0.2) is 22.9 Å². The van der Waals surface area contributed by atoms with Crippen LogP contribution in [0, 0.1) is 0 Å². The molecule has 50 heavy (non-hydrogen) atoms. The summed E-state index contributed by atoms with van der Waals surface area (Å²) >= 11 is 0. The van der Waals surface area contributed by atoms with Crippen LogP contribution in [0.4, 0.5) is 16.4 Å². The Morgan fingerprint density at radius 2 is 1.42 bits per heavy atom. The van der Waals surface area contributed by atoms with E-state index in [-0.39, 0.29) is 43.5 Å². The Morgan fingerprint density at radius 3 is 1.94 bits per heavy atom. The second-order valence-corrected chi connectivity index (χ2v) is 14.4. The summed E-state index contributed by atoms with van der Waals surface area (Å²) in [5.74, 6) is 0.462. The van der Waals surface area contributed by atoms with Gasteiger partial charge in [-0.1, -0.05) is 0 Å². The normalized spacial score (nSPS) is 25.2. The molecule has 5 unspecified atom stereocenters. The molecule has 0 aliphatic carbocycles. The Balaban J connectivity index is 1.24. The number of carbonyl (C=O) groups is 1. The number of ether oxygens (including phenoxy) is 4. The lowest BCUT2D eigenvalue weighted by Gasteiger charge is -2.28. The number of fused-ring (bicyclic) bond motifs is 2. The highest BCUT2D eigenvalue weighted by atomic mass is 31.2. The molecule has 0 radical (unpaired) electrons. The second kappa shape index (κ2) is 14.7. The van der Waals surface area contributed by atoms with Crippen LogP contribution in [0.5, 0.6) is 0 Å². The van der Waals surface area contributed by atoms with Crippen molar-refractivity contribution in [3.8, 4) is 0 Å². The van der Waals surface area contributed by atoms with Crippen LogP contribution in [0.15, 0.2) is 25.3 Å². The van der Waals surface area contributed by atoms with Gasteiger partial charge in [0.05, 0.1) is 44.2 Å². The van der Waals surface area contributed by atoms with Crippen LogP contribution < -0.4 is 16.6 Å². The third-order valence-corrected chi connectivity index (χ3v) is 9.62. The highest BCUT2D eigenvalue weighted by molar-refractivity contribution is 7.52. The summed E-state index contributed by atoms with van der Waals surface area (Å²) in [5.41, 5.74) is 13.8. The summed E-state index contributed by atoms with van der Waals surface area (Å²) in [4.78, 5) is 39.5. The van der Waals surface area contributed by atoms with Crippen molar-refractivity contribution in [2.45, 2.75) is 89.6 Å². The molecule has 6 heterocycles. The Bertz CT molecular complexity index is 1850. The van der Waals surface area contributed by atoms with E-state index in [4.69, 9.17) is 39.5 Å². The molecule has 2 fully saturated rings. The molecule has 0 saturated carbocycles. The van der Waals surface area contributed by atoms with Crippen molar-refractivity contribution < 1.29 is 37.4 Å². The first-order valence-corrected chi connectivity index (χ1v) is 17.7. The lowest BCUT2D eigenvalue weighted by molar-refractivity contribution is -0.0787. The van der Waals surface area contributed by atoms with E-state index >= 15 is 0 Å². The standard InChI is InChI=1S/C29H43N12O8P/c1-15(2)44-9-19-18(8-22(47-19)41-14-37-24-26(31)33-12-35-28(24)41)49-50(43,38-29(42)39(5)6)45-10-20-17(46-16(3)4)7-21(48-20)40-13-36-23-25(30)32-11-34-27(23)40/h11-22H,7-10H2,1-6H3,(H2,30,32,34)(H2,31,33,35)(H,38,42,43)/t17-,18-,19?,20?,21?,22?,50?/m1/s1. The summed E-state index contributed by atoms with van der Waals surface area (Å²) in [6, 6.07) is -0.686. The number of nitrogens with zero attached hydrogens (tertiary/aromatic N) is 9. The summed E-state index contributed by atoms with van der Waals surface area (Å²) in [6.45, 7) is 7.42. The molecular weight excluding hydrogens is 675 g/mol. The van der Waals surface area contributed by atoms with Crippen molar-refractivity contribution in [1.29, 1.82) is 0 Å². The summed E-state index contributed by atoms with van der Waals surface area (Å²) < 4.78 is 55.0. The van der Waals surface area contributed by atoms with Gasteiger partial charge in [0.2, 0.25) is 0 Å². The molecule has 2 aliphatic heterocycles. The maximum absolute atomic E-state index is 14.5. The molecule has 272 valence electrons.